The lowest BCUT2D eigenvalue weighted by Crippen LogP contribution is -2.40. The summed E-state index contributed by atoms with van der Waals surface area (Å²) in [4.78, 5) is 12.4. The molecule has 1 amide bonds. The van der Waals surface area contributed by atoms with Gasteiger partial charge in [0, 0.05) is 23.1 Å². The molecule has 1 saturated heterocycles. The van der Waals surface area contributed by atoms with Gasteiger partial charge in [-0.3, -0.25) is 4.79 Å². The number of amides is 1. The molecule has 0 aliphatic carbocycles. The highest BCUT2D eigenvalue weighted by Gasteiger charge is 2.43. The number of benzene rings is 3. The van der Waals surface area contributed by atoms with E-state index in [1.165, 1.54) is 0 Å². The number of nitrogens with one attached hydrogen (secondary N) is 1. The van der Waals surface area contributed by atoms with Crippen LogP contribution < -0.4 is 15.9 Å². The smallest absolute Gasteiger partial charge is 0.220 e. The van der Waals surface area contributed by atoms with Crippen molar-refractivity contribution >= 4 is 23.7 Å². The minimum atomic E-state index is -3.09. The average Bonchev–Trinajstić information content (AvgIpc) is 3.00. The molecule has 3 aromatic rings. The van der Waals surface area contributed by atoms with E-state index in [4.69, 9.17) is 0 Å². The summed E-state index contributed by atoms with van der Waals surface area (Å²) in [7, 11) is -3.09. The fourth-order valence-electron chi connectivity index (χ4n) is 4.35. The van der Waals surface area contributed by atoms with Crippen molar-refractivity contribution in [2.45, 2.75) is 37.4 Å². The van der Waals surface area contributed by atoms with Crippen LogP contribution in [0.15, 0.2) is 91.0 Å². The van der Waals surface area contributed by atoms with Gasteiger partial charge in [0.15, 0.2) is 7.14 Å². The number of carbonyl (C=O) groups is 1. The Bertz CT molecular complexity index is 946. The van der Waals surface area contributed by atoms with E-state index in [-0.39, 0.29) is 17.6 Å². The zero-order valence-electron chi connectivity index (χ0n) is 16.4. The molecule has 4 rings (SSSR count). The van der Waals surface area contributed by atoms with Gasteiger partial charge < -0.3 is 9.88 Å². The quantitative estimate of drug-likeness (QED) is 0.622. The molecule has 3 aromatic carbocycles. The van der Waals surface area contributed by atoms with Crippen LogP contribution in [0.3, 0.4) is 0 Å². The predicted molar refractivity (Wildman–Crippen MR) is 119 cm³/mol. The van der Waals surface area contributed by atoms with Crippen molar-refractivity contribution in [3.05, 3.63) is 96.6 Å². The molecule has 1 aliphatic rings. The van der Waals surface area contributed by atoms with Gasteiger partial charge in [0.1, 0.15) is 0 Å². The maximum atomic E-state index is 15.1. The molecule has 2 atom stereocenters. The molecule has 0 bridgehead atoms. The van der Waals surface area contributed by atoms with Crippen molar-refractivity contribution < 1.29 is 9.36 Å². The second kappa shape index (κ2) is 8.80. The van der Waals surface area contributed by atoms with Crippen LogP contribution in [-0.4, -0.2) is 11.9 Å². The van der Waals surface area contributed by atoms with Gasteiger partial charge in [-0.05, 0) is 18.4 Å². The zero-order valence-corrected chi connectivity index (χ0v) is 17.3. The molecular formula is C25H26NO2P. The lowest BCUT2D eigenvalue weighted by Gasteiger charge is -2.35. The van der Waals surface area contributed by atoms with Gasteiger partial charge in [0.05, 0.1) is 5.66 Å². The van der Waals surface area contributed by atoms with E-state index in [1.807, 2.05) is 91.0 Å². The number of hydrogen-bond donors (Lipinski definition) is 1. The summed E-state index contributed by atoms with van der Waals surface area (Å²) >= 11 is 0. The average molecular weight is 403 g/mol. The van der Waals surface area contributed by atoms with Gasteiger partial charge in [0.25, 0.3) is 0 Å². The lowest BCUT2D eigenvalue weighted by molar-refractivity contribution is -0.121. The Morgan fingerprint density at radius 2 is 1.28 bits per heavy atom. The Morgan fingerprint density at radius 3 is 1.83 bits per heavy atom. The normalized spacial score (nSPS) is 18.5. The van der Waals surface area contributed by atoms with Gasteiger partial charge in [-0.15, -0.1) is 0 Å². The second-order valence-corrected chi connectivity index (χ2v) is 10.5. The van der Waals surface area contributed by atoms with Crippen molar-refractivity contribution in [2.75, 3.05) is 0 Å². The first kappa shape index (κ1) is 19.7. The third-order valence-corrected chi connectivity index (χ3v) is 9.28. The number of rotatable bonds is 5. The Morgan fingerprint density at radius 1 is 0.759 bits per heavy atom. The molecule has 4 heteroatoms. The van der Waals surface area contributed by atoms with Crippen LogP contribution in [0.4, 0.5) is 0 Å². The predicted octanol–water partition coefficient (Wildman–Crippen LogP) is 4.80. The number of hydrogen-bond acceptors (Lipinski definition) is 2. The molecule has 0 spiro atoms. The van der Waals surface area contributed by atoms with Crippen LogP contribution in [-0.2, 0) is 9.36 Å². The molecule has 0 radical (unpaired) electrons. The first-order chi connectivity index (χ1) is 14.2. The van der Waals surface area contributed by atoms with Crippen LogP contribution in [0.25, 0.3) is 0 Å². The Hall–Kier alpha value is -2.64. The summed E-state index contributed by atoms with van der Waals surface area (Å²) in [6.45, 7) is 0. The molecular weight excluding hydrogens is 377 g/mol. The summed E-state index contributed by atoms with van der Waals surface area (Å²) < 4.78 is 15.1. The Labute approximate surface area is 172 Å². The van der Waals surface area contributed by atoms with Crippen LogP contribution in [0.5, 0.6) is 0 Å². The van der Waals surface area contributed by atoms with Crippen LogP contribution in [0.1, 0.15) is 36.9 Å². The van der Waals surface area contributed by atoms with E-state index in [1.54, 1.807) is 0 Å². The van der Waals surface area contributed by atoms with Gasteiger partial charge in [0.2, 0.25) is 5.91 Å². The summed E-state index contributed by atoms with van der Waals surface area (Å²) in [5.41, 5.74) is 0.700. The highest BCUT2D eigenvalue weighted by molar-refractivity contribution is 7.79. The third-order valence-electron chi connectivity index (χ3n) is 5.71. The second-order valence-electron chi connectivity index (χ2n) is 7.60. The molecule has 0 saturated carbocycles. The summed E-state index contributed by atoms with van der Waals surface area (Å²) in [6, 6.07) is 29.4. The van der Waals surface area contributed by atoms with E-state index in [2.05, 4.69) is 5.32 Å². The largest absolute Gasteiger partial charge is 0.352 e. The van der Waals surface area contributed by atoms with Gasteiger partial charge in [-0.2, -0.15) is 0 Å². The first-order valence-electron chi connectivity index (χ1n) is 10.2. The summed E-state index contributed by atoms with van der Waals surface area (Å²) in [5.74, 6) is 0.0566. The van der Waals surface area contributed by atoms with Gasteiger partial charge >= 0.3 is 0 Å². The van der Waals surface area contributed by atoms with Crippen LogP contribution in [0.2, 0.25) is 0 Å². The van der Waals surface area contributed by atoms with E-state index >= 15 is 4.57 Å². The SMILES string of the molecule is O=C1CCCCC(C(c2ccccc2)P(=O)(c2ccccc2)c2ccccc2)N1. The molecule has 1 fully saturated rings. The summed E-state index contributed by atoms with van der Waals surface area (Å²) in [6.07, 6.45) is 3.20. The van der Waals surface area contributed by atoms with Crippen LogP contribution >= 0.6 is 7.14 Å². The maximum absolute atomic E-state index is 15.1. The van der Waals surface area contributed by atoms with Crippen molar-refractivity contribution in [3.63, 3.8) is 0 Å². The lowest BCUT2D eigenvalue weighted by atomic mass is 10.0. The molecule has 1 heterocycles. The Kier molecular flexibility index (Phi) is 5.97. The molecule has 0 aromatic heterocycles. The van der Waals surface area contributed by atoms with E-state index in [9.17, 15) is 4.79 Å². The Balaban J connectivity index is 1.94. The van der Waals surface area contributed by atoms with Gasteiger partial charge in [-0.25, -0.2) is 0 Å². The highest BCUT2D eigenvalue weighted by Crippen LogP contribution is 2.59. The molecule has 1 aliphatic heterocycles. The molecule has 1 N–H and O–H groups in total. The molecule has 29 heavy (non-hydrogen) atoms. The van der Waals surface area contributed by atoms with E-state index in [0.717, 1.165) is 35.4 Å². The molecule has 148 valence electrons. The van der Waals surface area contributed by atoms with Crippen molar-refractivity contribution in [1.82, 2.24) is 5.32 Å². The molecule has 3 nitrogen and oxygen atoms in total. The topological polar surface area (TPSA) is 46.2 Å². The van der Waals surface area contributed by atoms with Crippen LogP contribution in [0, 0.1) is 0 Å². The standard InChI is InChI=1S/C25H26NO2P/c27-24-19-11-10-18-23(26-24)25(20-12-4-1-5-13-20)29(28,21-14-6-2-7-15-21)22-16-8-3-9-17-22/h1-9,12-17,23,25H,10-11,18-19H2,(H,26,27). The fraction of sp³-hybridized carbons (Fsp3) is 0.240. The third kappa shape index (κ3) is 4.06. The highest BCUT2D eigenvalue weighted by atomic mass is 31.2. The van der Waals surface area contributed by atoms with E-state index in [0.29, 0.717) is 6.42 Å². The minimum Gasteiger partial charge on any atom is -0.352 e. The van der Waals surface area contributed by atoms with Gasteiger partial charge in [-0.1, -0.05) is 97.4 Å². The monoisotopic (exact) mass is 403 g/mol. The van der Waals surface area contributed by atoms with Crippen molar-refractivity contribution in [1.29, 1.82) is 0 Å². The summed E-state index contributed by atoms with van der Waals surface area (Å²) in [5, 5.41) is 4.88. The maximum Gasteiger partial charge on any atom is 0.220 e. The van der Waals surface area contributed by atoms with E-state index < -0.39 is 7.14 Å². The number of carbonyl (C=O) groups excluding carboxylic acids is 1. The van der Waals surface area contributed by atoms with Crippen molar-refractivity contribution in [3.8, 4) is 0 Å². The first-order valence-corrected chi connectivity index (χ1v) is 12.0. The molecule has 2 unspecified atom stereocenters. The zero-order chi connectivity index (χ0) is 20.1. The fourth-order valence-corrected chi connectivity index (χ4v) is 7.85. The minimum absolute atomic E-state index is 0.0566. The van der Waals surface area contributed by atoms with Crippen molar-refractivity contribution in [2.24, 2.45) is 0 Å².